The summed E-state index contributed by atoms with van der Waals surface area (Å²) >= 11 is 0. The van der Waals surface area contributed by atoms with Crippen LogP contribution in [0.5, 0.6) is 0 Å². The highest BCUT2D eigenvalue weighted by Crippen LogP contribution is 2.27. The van der Waals surface area contributed by atoms with Gasteiger partial charge in [-0.25, -0.2) is 4.99 Å². The Morgan fingerprint density at radius 3 is 2.94 bits per heavy atom. The first kappa shape index (κ1) is 10.3. The molecule has 0 aromatic heterocycles. The molecule has 0 bridgehead atoms. The highest BCUT2D eigenvalue weighted by atomic mass is 16.5. The van der Waals surface area contributed by atoms with Crippen LogP contribution >= 0.6 is 0 Å². The largest absolute Gasteiger partial charge is 0.459 e. The SMILES string of the molecule is O=C1CC[C@@H]2N=C(Nc3ccccc3)O[C@@H]2C1. The number of amidine groups is 1. The van der Waals surface area contributed by atoms with Gasteiger partial charge in [0.2, 0.25) is 0 Å². The fourth-order valence-corrected chi connectivity index (χ4v) is 2.26. The third kappa shape index (κ3) is 2.16. The number of benzene rings is 1. The summed E-state index contributed by atoms with van der Waals surface area (Å²) in [7, 11) is 0. The molecule has 0 saturated heterocycles. The second-order valence-corrected chi connectivity index (χ2v) is 4.43. The molecule has 1 fully saturated rings. The molecular formula is C13H14N2O2. The molecule has 1 aromatic rings. The molecule has 88 valence electrons. The molecular weight excluding hydrogens is 216 g/mol. The van der Waals surface area contributed by atoms with E-state index < -0.39 is 0 Å². The lowest BCUT2D eigenvalue weighted by Crippen LogP contribution is -2.31. The number of rotatable bonds is 1. The molecule has 4 nitrogen and oxygen atoms in total. The Bertz CT molecular complexity index is 456. The first-order valence-corrected chi connectivity index (χ1v) is 5.89. The molecule has 1 saturated carbocycles. The maximum absolute atomic E-state index is 11.3. The van der Waals surface area contributed by atoms with E-state index in [4.69, 9.17) is 4.74 Å². The van der Waals surface area contributed by atoms with Crippen LogP contribution in [-0.4, -0.2) is 24.0 Å². The van der Waals surface area contributed by atoms with Crippen molar-refractivity contribution in [1.82, 2.24) is 0 Å². The Kier molecular flexibility index (Phi) is 2.55. The lowest BCUT2D eigenvalue weighted by Gasteiger charge is -2.20. The van der Waals surface area contributed by atoms with Gasteiger partial charge in [0, 0.05) is 18.5 Å². The number of para-hydroxylation sites is 1. The summed E-state index contributed by atoms with van der Waals surface area (Å²) in [6.45, 7) is 0. The molecule has 17 heavy (non-hydrogen) atoms. The Labute approximate surface area is 99.7 Å². The van der Waals surface area contributed by atoms with Crippen LogP contribution in [0.1, 0.15) is 19.3 Å². The number of anilines is 1. The van der Waals surface area contributed by atoms with Crippen molar-refractivity contribution >= 4 is 17.5 Å². The zero-order valence-corrected chi connectivity index (χ0v) is 9.43. The van der Waals surface area contributed by atoms with Gasteiger partial charge in [-0.3, -0.25) is 4.79 Å². The summed E-state index contributed by atoms with van der Waals surface area (Å²) < 4.78 is 5.66. The van der Waals surface area contributed by atoms with Crippen molar-refractivity contribution in [3.8, 4) is 0 Å². The zero-order chi connectivity index (χ0) is 11.7. The number of hydrogen-bond acceptors (Lipinski definition) is 4. The van der Waals surface area contributed by atoms with Gasteiger partial charge in [0.15, 0.2) is 0 Å². The van der Waals surface area contributed by atoms with E-state index in [1.165, 1.54) is 0 Å². The van der Waals surface area contributed by atoms with Crippen LogP contribution < -0.4 is 5.32 Å². The minimum Gasteiger partial charge on any atom is -0.459 e. The quantitative estimate of drug-likeness (QED) is 0.802. The molecule has 0 spiro atoms. The van der Waals surface area contributed by atoms with E-state index in [-0.39, 0.29) is 17.9 Å². The Balaban J connectivity index is 1.69. The average Bonchev–Trinajstić information content (AvgIpc) is 2.71. The van der Waals surface area contributed by atoms with Gasteiger partial charge in [-0.1, -0.05) is 18.2 Å². The summed E-state index contributed by atoms with van der Waals surface area (Å²) in [5, 5.41) is 3.13. The number of aliphatic imine (C=N–C) groups is 1. The van der Waals surface area contributed by atoms with E-state index in [2.05, 4.69) is 10.3 Å². The van der Waals surface area contributed by atoms with Crippen molar-refractivity contribution < 1.29 is 9.53 Å². The monoisotopic (exact) mass is 230 g/mol. The van der Waals surface area contributed by atoms with Crippen molar-refractivity contribution in [2.24, 2.45) is 4.99 Å². The lowest BCUT2D eigenvalue weighted by molar-refractivity contribution is -0.122. The highest BCUT2D eigenvalue weighted by Gasteiger charge is 2.36. The smallest absolute Gasteiger partial charge is 0.289 e. The Morgan fingerprint density at radius 2 is 2.12 bits per heavy atom. The van der Waals surface area contributed by atoms with Crippen LogP contribution in [0.2, 0.25) is 0 Å². The van der Waals surface area contributed by atoms with Gasteiger partial charge >= 0.3 is 0 Å². The summed E-state index contributed by atoms with van der Waals surface area (Å²) in [4.78, 5) is 15.8. The normalized spacial score (nSPS) is 27.1. The van der Waals surface area contributed by atoms with E-state index in [9.17, 15) is 4.79 Å². The van der Waals surface area contributed by atoms with Crippen LogP contribution in [0.25, 0.3) is 0 Å². The van der Waals surface area contributed by atoms with Crippen LogP contribution in [0.3, 0.4) is 0 Å². The van der Waals surface area contributed by atoms with Crippen LogP contribution in [0.15, 0.2) is 35.3 Å². The molecule has 1 aromatic carbocycles. The first-order valence-electron chi connectivity index (χ1n) is 5.89. The van der Waals surface area contributed by atoms with Gasteiger partial charge < -0.3 is 10.1 Å². The molecule has 3 rings (SSSR count). The summed E-state index contributed by atoms with van der Waals surface area (Å²) in [5.74, 6) is 0.280. The fraction of sp³-hybridized carbons (Fsp3) is 0.385. The number of hydrogen-bond donors (Lipinski definition) is 1. The van der Waals surface area contributed by atoms with E-state index >= 15 is 0 Å². The molecule has 0 unspecified atom stereocenters. The van der Waals surface area contributed by atoms with E-state index in [0.717, 1.165) is 12.1 Å². The van der Waals surface area contributed by atoms with Gasteiger partial charge in [-0.05, 0) is 18.6 Å². The van der Waals surface area contributed by atoms with Crippen molar-refractivity contribution in [3.05, 3.63) is 30.3 Å². The number of nitrogens with zero attached hydrogens (tertiary/aromatic N) is 1. The number of carbonyl (C=O) groups excluding carboxylic acids is 1. The first-order chi connectivity index (χ1) is 8.31. The van der Waals surface area contributed by atoms with Gasteiger partial charge in [0.25, 0.3) is 6.02 Å². The number of ether oxygens (including phenoxy) is 1. The van der Waals surface area contributed by atoms with Crippen molar-refractivity contribution in [2.75, 3.05) is 5.32 Å². The van der Waals surface area contributed by atoms with Crippen LogP contribution in [0, 0.1) is 0 Å². The molecule has 0 radical (unpaired) electrons. The van der Waals surface area contributed by atoms with Gasteiger partial charge in [0.1, 0.15) is 11.9 Å². The molecule has 2 aliphatic rings. The minimum absolute atomic E-state index is 0.0533. The minimum atomic E-state index is -0.0533. The highest BCUT2D eigenvalue weighted by molar-refractivity contribution is 5.91. The third-order valence-electron chi connectivity index (χ3n) is 3.15. The average molecular weight is 230 g/mol. The molecule has 1 N–H and O–H groups in total. The topological polar surface area (TPSA) is 50.7 Å². The Morgan fingerprint density at radius 1 is 1.29 bits per heavy atom. The van der Waals surface area contributed by atoms with Crippen molar-refractivity contribution in [2.45, 2.75) is 31.4 Å². The zero-order valence-electron chi connectivity index (χ0n) is 9.43. The van der Waals surface area contributed by atoms with Crippen LogP contribution in [-0.2, 0) is 9.53 Å². The fourth-order valence-electron chi connectivity index (χ4n) is 2.26. The maximum atomic E-state index is 11.3. The predicted molar refractivity (Wildman–Crippen MR) is 65.0 cm³/mol. The van der Waals surface area contributed by atoms with E-state index in [0.29, 0.717) is 18.9 Å². The van der Waals surface area contributed by atoms with E-state index in [1.807, 2.05) is 30.3 Å². The Hall–Kier alpha value is -1.84. The van der Waals surface area contributed by atoms with Crippen LogP contribution in [0.4, 0.5) is 5.69 Å². The van der Waals surface area contributed by atoms with Gasteiger partial charge in [-0.2, -0.15) is 0 Å². The molecule has 1 heterocycles. The predicted octanol–water partition coefficient (Wildman–Crippen LogP) is 1.97. The summed E-state index contributed by atoms with van der Waals surface area (Å²) in [5.41, 5.74) is 0.955. The van der Waals surface area contributed by atoms with Crippen molar-refractivity contribution in [1.29, 1.82) is 0 Å². The maximum Gasteiger partial charge on any atom is 0.289 e. The lowest BCUT2D eigenvalue weighted by atomic mass is 9.92. The van der Waals surface area contributed by atoms with Crippen molar-refractivity contribution in [3.63, 3.8) is 0 Å². The second-order valence-electron chi connectivity index (χ2n) is 4.43. The standard InChI is InChI=1S/C13H14N2O2/c16-10-6-7-11-12(8-10)17-13(15-11)14-9-4-2-1-3-5-9/h1-5,11-12H,6-8H2,(H,14,15)/t11-,12+/m0/s1. The summed E-state index contributed by atoms with van der Waals surface area (Å²) in [6, 6.07) is 10.5. The van der Waals surface area contributed by atoms with Gasteiger partial charge in [-0.15, -0.1) is 0 Å². The molecule has 1 aliphatic heterocycles. The summed E-state index contributed by atoms with van der Waals surface area (Å²) in [6.07, 6.45) is 1.88. The molecule has 4 heteroatoms. The van der Waals surface area contributed by atoms with Gasteiger partial charge in [0.05, 0.1) is 6.04 Å². The number of fused-ring (bicyclic) bond motifs is 1. The third-order valence-corrected chi connectivity index (χ3v) is 3.15. The molecule has 0 amide bonds. The molecule has 2 atom stereocenters. The van der Waals surface area contributed by atoms with E-state index in [1.54, 1.807) is 0 Å². The molecule has 1 aliphatic carbocycles. The number of ketones is 1. The second kappa shape index (κ2) is 4.20. The number of Topliss-reactive ketones (excluding diaryl/α,β-unsaturated/α-hetero) is 1. The number of carbonyl (C=O) groups is 1. The number of nitrogens with one attached hydrogen (secondary N) is 1.